The van der Waals surface area contributed by atoms with Crippen LogP contribution in [0.2, 0.25) is 0 Å². The fourth-order valence-corrected chi connectivity index (χ4v) is 3.03. The molecular formula is C12H18N2O5S. The summed E-state index contributed by atoms with van der Waals surface area (Å²) < 4.78 is 26.8. The second-order valence-electron chi connectivity index (χ2n) is 4.16. The smallest absolute Gasteiger partial charge is 0.304 e. The van der Waals surface area contributed by atoms with Gasteiger partial charge in [0.2, 0.25) is 0 Å². The summed E-state index contributed by atoms with van der Waals surface area (Å²) in [7, 11) is -2.50. The highest BCUT2D eigenvalue weighted by molar-refractivity contribution is 7.90. The first-order chi connectivity index (χ1) is 9.28. The molecule has 8 heteroatoms. The van der Waals surface area contributed by atoms with E-state index in [0.717, 1.165) is 8.61 Å². The van der Waals surface area contributed by atoms with Gasteiger partial charge in [0.05, 0.1) is 12.1 Å². The van der Waals surface area contributed by atoms with Crippen molar-refractivity contribution >= 4 is 21.9 Å². The van der Waals surface area contributed by atoms with Gasteiger partial charge in [0.25, 0.3) is 0 Å². The molecule has 0 amide bonds. The van der Waals surface area contributed by atoms with Gasteiger partial charge < -0.3 is 10.2 Å². The molecule has 20 heavy (non-hydrogen) atoms. The minimum atomic E-state index is -3.82. The highest BCUT2D eigenvalue weighted by Crippen LogP contribution is 2.23. The number of phenols is 1. The molecule has 7 nitrogen and oxygen atoms in total. The molecule has 0 saturated heterocycles. The average Bonchev–Trinajstić information content (AvgIpc) is 2.36. The number of carbonyl (C=O) groups is 1. The van der Waals surface area contributed by atoms with Crippen LogP contribution in [0.3, 0.4) is 0 Å². The van der Waals surface area contributed by atoms with Crippen molar-refractivity contribution < 1.29 is 23.4 Å². The Morgan fingerprint density at radius 1 is 1.35 bits per heavy atom. The maximum Gasteiger partial charge on any atom is 0.304 e. The van der Waals surface area contributed by atoms with Crippen LogP contribution < -0.4 is 4.31 Å². The first-order valence-electron chi connectivity index (χ1n) is 6.04. The number of aliphatic carboxylic acids is 1. The van der Waals surface area contributed by atoms with Crippen LogP contribution in [0.25, 0.3) is 0 Å². The molecule has 0 aliphatic carbocycles. The first kappa shape index (κ1) is 16.3. The predicted molar refractivity (Wildman–Crippen MR) is 74.9 cm³/mol. The van der Waals surface area contributed by atoms with Gasteiger partial charge in [0.15, 0.2) is 0 Å². The third-order valence-corrected chi connectivity index (χ3v) is 4.71. The van der Waals surface area contributed by atoms with Crippen LogP contribution in [0.5, 0.6) is 5.75 Å². The van der Waals surface area contributed by atoms with Crippen LogP contribution in [-0.4, -0.2) is 49.0 Å². The lowest BCUT2D eigenvalue weighted by Gasteiger charge is -2.28. The normalized spacial score (nSPS) is 11.6. The second-order valence-corrected chi connectivity index (χ2v) is 6.12. The molecule has 0 unspecified atom stereocenters. The SMILES string of the molecule is CCN(c1cccc(O)c1)S(=O)(=O)N(C)CCC(=O)O. The molecule has 1 aromatic carbocycles. The van der Waals surface area contributed by atoms with E-state index < -0.39 is 16.2 Å². The topological polar surface area (TPSA) is 98.2 Å². The summed E-state index contributed by atoms with van der Waals surface area (Å²) >= 11 is 0. The predicted octanol–water partition coefficient (Wildman–Crippen LogP) is 0.870. The summed E-state index contributed by atoms with van der Waals surface area (Å²) in [4.78, 5) is 10.5. The molecule has 2 N–H and O–H groups in total. The van der Waals surface area contributed by atoms with E-state index in [2.05, 4.69) is 0 Å². The highest BCUT2D eigenvalue weighted by atomic mass is 32.2. The summed E-state index contributed by atoms with van der Waals surface area (Å²) in [6.07, 6.45) is -0.271. The molecule has 1 aromatic rings. The molecule has 0 radical (unpaired) electrons. The number of benzene rings is 1. The third kappa shape index (κ3) is 3.84. The number of rotatable bonds is 7. The van der Waals surface area contributed by atoms with Gasteiger partial charge in [-0.1, -0.05) is 6.07 Å². The number of hydrogen-bond acceptors (Lipinski definition) is 4. The Bertz CT molecular complexity index is 573. The van der Waals surface area contributed by atoms with Crippen molar-refractivity contribution in [3.05, 3.63) is 24.3 Å². The maximum absolute atomic E-state index is 12.4. The molecule has 0 bridgehead atoms. The Kier molecular flexibility index (Phi) is 5.34. The number of aromatic hydroxyl groups is 1. The standard InChI is InChI=1S/C12H18N2O5S/c1-3-14(10-5-4-6-11(15)9-10)20(18,19)13(2)8-7-12(16)17/h4-6,9,15H,3,7-8H2,1-2H3,(H,16,17). The molecule has 1 rings (SSSR count). The Hall–Kier alpha value is -1.80. The van der Waals surface area contributed by atoms with Crippen molar-refractivity contribution in [1.82, 2.24) is 4.31 Å². The first-order valence-corrected chi connectivity index (χ1v) is 7.43. The quantitative estimate of drug-likeness (QED) is 0.778. The van der Waals surface area contributed by atoms with Gasteiger partial charge >= 0.3 is 16.2 Å². The van der Waals surface area contributed by atoms with Crippen molar-refractivity contribution in [2.45, 2.75) is 13.3 Å². The van der Waals surface area contributed by atoms with Gasteiger partial charge in [-0.3, -0.25) is 9.10 Å². The minimum absolute atomic E-state index is 0.0376. The van der Waals surface area contributed by atoms with Gasteiger partial charge in [-0.05, 0) is 19.1 Å². The number of anilines is 1. The Morgan fingerprint density at radius 3 is 2.50 bits per heavy atom. The monoisotopic (exact) mass is 302 g/mol. The minimum Gasteiger partial charge on any atom is -0.508 e. The summed E-state index contributed by atoms with van der Waals surface area (Å²) in [6, 6.07) is 5.89. The third-order valence-electron chi connectivity index (χ3n) is 2.72. The van der Waals surface area contributed by atoms with Crippen molar-refractivity contribution in [2.24, 2.45) is 0 Å². The molecule has 112 valence electrons. The lowest BCUT2D eigenvalue weighted by Crippen LogP contribution is -2.42. The summed E-state index contributed by atoms with van der Waals surface area (Å²) in [6.45, 7) is 1.71. The zero-order valence-electron chi connectivity index (χ0n) is 11.4. The van der Waals surface area contributed by atoms with Crippen molar-refractivity contribution in [2.75, 3.05) is 24.4 Å². The van der Waals surface area contributed by atoms with Crippen LogP contribution in [0.1, 0.15) is 13.3 Å². The fourth-order valence-electron chi connectivity index (χ4n) is 1.66. The van der Waals surface area contributed by atoms with Crippen LogP contribution >= 0.6 is 0 Å². The largest absolute Gasteiger partial charge is 0.508 e. The molecule has 0 aromatic heterocycles. The van der Waals surface area contributed by atoms with E-state index in [0.29, 0.717) is 5.69 Å². The lowest BCUT2D eigenvalue weighted by atomic mass is 10.3. The summed E-state index contributed by atoms with van der Waals surface area (Å²) in [5.74, 6) is -1.10. The van der Waals surface area contributed by atoms with Crippen molar-refractivity contribution in [3.8, 4) is 5.75 Å². The van der Waals surface area contributed by atoms with E-state index >= 15 is 0 Å². The van der Waals surface area contributed by atoms with Gasteiger partial charge in [-0.25, -0.2) is 0 Å². The molecule has 0 spiro atoms. The zero-order valence-corrected chi connectivity index (χ0v) is 12.2. The molecule has 0 saturated carbocycles. The van der Waals surface area contributed by atoms with Crippen molar-refractivity contribution in [3.63, 3.8) is 0 Å². The van der Waals surface area contributed by atoms with E-state index in [4.69, 9.17) is 5.11 Å². The van der Waals surface area contributed by atoms with E-state index in [1.807, 2.05) is 0 Å². The van der Waals surface area contributed by atoms with E-state index in [1.165, 1.54) is 19.2 Å². The molecule has 0 fully saturated rings. The highest BCUT2D eigenvalue weighted by Gasteiger charge is 2.26. The van der Waals surface area contributed by atoms with Gasteiger partial charge in [0.1, 0.15) is 5.75 Å². The second kappa shape index (κ2) is 6.58. The summed E-state index contributed by atoms with van der Waals surface area (Å²) in [5, 5.41) is 18.0. The average molecular weight is 302 g/mol. The van der Waals surface area contributed by atoms with E-state index in [9.17, 15) is 18.3 Å². The molecule has 0 heterocycles. The molecular weight excluding hydrogens is 284 g/mol. The van der Waals surface area contributed by atoms with Crippen LogP contribution in [0.15, 0.2) is 24.3 Å². The van der Waals surface area contributed by atoms with Crippen molar-refractivity contribution in [1.29, 1.82) is 0 Å². The Labute approximate surface area is 118 Å². The number of hydrogen-bond donors (Lipinski definition) is 2. The van der Waals surface area contributed by atoms with Gasteiger partial charge in [-0.2, -0.15) is 12.7 Å². The lowest BCUT2D eigenvalue weighted by molar-refractivity contribution is -0.137. The molecule has 0 atom stereocenters. The van der Waals surface area contributed by atoms with Gasteiger partial charge in [0, 0.05) is 26.2 Å². The van der Waals surface area contributed by atoms with Crippen LogP contribution in [-0.2, 0) is 15.0 Å². The Balaban J connectivity index is 3.00. The Morgan fingerprint density at radius 2 is 2.00 bits per heavy atom. The number of nitrogens with zero attached hydrogens (tertiary/aromatic N) is 2. The fraction of sp³-hybridized carbons (Fsp3) is 0.417. The summed E-state index contributed by atoms with van der Waals surface area (Å²) in [5.41, 5.74) is 0.328. The molecule has 0 aliphatic rings. The van der Waals surface area contributed by atoms with Crippen LogP contribution in [0.4, 0.5) is 5.69 Å². The van der Waals surface area contributed by atoms with E-state index in [-0.39, 0.29) is 25.3 Å². The zero-order chi connectivity index (χ0) is 15.3. The number of phenolic OH excluding ortho intramolecular Hbond substituents is 1. The maximum atomic E-state index is 12.4. The number of carboxylic acids is 1. The number of carboxylic acid groups (broad SMARTS) is 1. The van der Waals surface area contributed by atoms with Gasteiger partial charge in [-0.15, -0.1) is 0 Å². The van der Waals surface area contributed by atoms with Crippen LogP contribution in [0, 0.1) is 0 Å². The van der Waals surface area contributed by atoms with E-state index in [1.54, 1.807) is 19.1 Å². The molecule has 0 aliphatic heterocycles.